The van der Waals surface area contributed by atoms with E-state index in [2.05, 4.69) is 55.0 Å². The van der Waals surface area contributed by atoms with Gasteiger partial charge in [0.15, 0.2) is 5.78 Å². The zero-order chi connectivity index (χ0) is 37.5. The molecular weight excluding hydrogens is 858 g/mol. The topological polar surface area (TPSA) is 63.1 Å². The maximum atomic E-state index is 13.2. The van der Waals surface area contributed by atoms with E-state index in [9.17, 15) is 23.1 Å². The molecule has 3 aromatic carbocycles. The molecule has 0 aliphatic carbocycles. The van der Waals surface area contributed by atoms with Crippen LogP contribution in [-0.4, -0.2) is 20.9 Å². The summed E-state index contributed by atoms with van der Waals surface area (Å²) in [4.78, 5) is 22.5. The van der Waals surface area contributed by atoms with Gasteiger partial charge in [0, 0.05) is 59.0 Å². The standard InChI is InChI=1S/C30H24F3N2S.C13H24O2.Ir/c1-18-24(15-28(36-18)20-9-7-10-22(13-20)30(31,32)33)27-16-26(34-17-35-27)21-12-19-8-5-6-11-23(19)25(14-21)29(2,3)4;1-5-10(6-2)12(14)9-13(15)11(7-3)8-4;/h5-11,13-17H,1-4H3;9-11,14H,5-8H2,1-4H3;/q-1;;/b;12-9-;. The van der Waals surface area contributed by atoms with Gasteiger partial charge in [0.05, 0.1) is 17.0 Å². The quantitative estimate of drug-likeness (QED) is 0.0861. The molecule has 5 rings (SSSR count). The predicted molar refractivity (Wildman–Crippen MR) is 205 cm³/mol. The average Bonchev–Trinajstić information content (AvgIpc) is 3.50. The third kappa shape index (κ3) is 10.5. The summed E-state index contributed by atoms with van der Waals surface area (Å²) in [6.07, 6.45) is 2.06. The number of aryl methyl sites for hydroxylation is 1. The Morgan fingerprint density at radius 3 is 2.12 bits per heavy atom. The van der Waals surface area contributed by atoms with Gasteiger partial charge in [-0.2, -0.15) is 13.2 Å². The Balaban J connectivity index is 0.000000389. The number of nitrogens with zero attached hydrogens (tertiary/aromatic N) is 2. The zero-order valence-electron chi connectivity index (χ0n) is 31.1. The minimum Gasteiger partial charge on any atom is -0.512 e. The average molecular weight is 906 g/mol. The Morgan fingerprint density at radius 1 is 0.865 bits per heavy atom. The summed E-state index contributed by atoms with van der Waals surface area (Å²) < 4.78 is 39.7. The second kappa shape index (κ2) is 18.4. The number of thiophene rings is 1. The molecule has 2 heterocycles. The number of hydrogen-bond donors (Lipinski definition) is 1. The molecular formula is C43H48F3IrN2O2S-. The number of benzene rings is 3. The van der Waals surface area contributed by atoms with E-state index in [1.54, 1.807) is 6.07 Å². The first-order valence-electron chi connectivity index (χ1n) is 17.6. The van der Waals surface area contributed by atoms with Gasteiger partial charge in [0.1, 0.15) is 6.33 Å². The van der Waals surface area contributed by atoms with Crippen molar-refractivity contribution >= 4 is 27.9 Å². The number of halogens is 3. The summed E-state index contributed by atoms with van der Waals surface area (Å²) in [7, 11) is 0. The summed E-state index contributed by atoms with van der Waals surface area (Å²) >= 11 is 1.46. The SMILES string of the molecule is CCC(CC)C(=O)/C=C(\O)C(CC)CC.Cc1sc(-c2cccc(C(F)(F)F)c2)cc1-c1cc(-c2[c-]c3ccccc3c(C(C)(C)C)c2)ncn1.[Ir]. The normalized spacial score (nSPS) is 12.1. The van der Waals surface area contributed by atoms with Crippen LogP contribution in [0.5, 0.6) is 0 Å². The summed E-state index contributed by atoms with van der Waals surface area (Å²) in [5, 5.41) is 12.0. The van der Waals surface area contributed by atoms with E-state index >= 15 is 0 Å². The molecule has 0 unspecified atom stereocenters. The molecule has 0 amide bonds. The largest absolute Gasteiger partial charge is 0.512 e. The maximum absolute atomic E-state index is 13.2. The summed E-state index contributed by atoms with van der Waals surface area (Å²) in [5.41, 5.74) is 4.28. The van der Waals surface area contributed by atoms with Gasteiger partial charge in [-0.05, 0) is 67.9 Å². The third-order valence-electron chi connectivity index (χ3n) is 9.28. The van der Waals surface area contributed by atoms with Crippen molar-refractivity contribution in [1.82, 2.24) is 9.97 Å². The van der Waals surface area contributed by atoms with Crippen molar-refractivity contribution in [1.29, 1.82) is 0 Å². The molecule has 0 bridgehead atoms. The van der Waals surface area contributed by atoms with Gasteiger partial charge in [-0.15, -0.1) is 40.5 Å². The molecule has 2 aromatic heterocycles. The van der Waals surface area contributed by atoms with Crippen LogP contribution in [0, 0.1) is 24.8 Å². The molecule has 0 aliphatic heterocycles. The van der Waals surface area contributed by atoms with E-state index in [1.165, 1.54) is 46.8 Å². The van der Waals surface area contributed by atoms with Crippen molar-refractivity contribution in [3.8, 4) is 33.0 Å². The number of allylic oxidation sites excluding steroid dienone is 2. The van der Waals surface area contributed by atoms with Crippen LogP contribution in [0.2, 0.25) is 0 Å². The van der Waals surface area contributed by atoms with E-state index < -0.39 is 11.7 Å². The van der Waals surface area contributed by atoms with E-state index in [1.807, 2.05) is 58.9 Å². The van der Waals surface area contributed by atoms with Crippen LogP contribution in [0.15, 0.2) is 84.9 Å². The Kier molecular flexibility index (Phi) is 15.1. The number of hydrogen-bond acceptors (Lipinski definition) is 5. The predicted octanol–water partition coefficient (Wildman–Crippen LogP) is 13.0. The van der Waals surface area contributed by atoms with Gasteiger partial charge >= 0.3 is 6.18 Å². The number of carbonyl (C=O) groups excluding carboxylic acids is 1. The fourth-order valence-corrected chi connectivity index (χ4v) is 7.17. The molecule has 4 nitrogen and oxygen atoms in total. The number of fused-ring (bicyclic) bond motifs is 1. The zero-order valence-corrected chi connectivity index (χ0v) is 34.3. The molecule has 9 heteroatoms. The number of alkyl halides is 3. The Labute approximate surface area is 324 Å². The number of aliphatic hydroxyl groups is 1. The van der Waals surface area contributed by atoms with Crippen LogP contribution < -0.4 is 0 Å². The molecule has 0 saturated heterocycles. The minimum atomic E-state index is -4.38. The molecule has 0 fully saturated rings. The van der Waals surface area contributed by atoms with Crippen LogP contribution in [0.4, 0.5) is 13.2 Å². The van der Waals surface area contributed by atoms with Crippen LogP contribution >= 0.6 is 11.3 Å². The molecule has 0 saturated carbocycles. The van der Waals surface area contributed by atoms with Gasteiger partial charge in [-0.25, -0.2) is 4.98 Å². The van der Waals surface area contributed by atoms with Crippen molar-refractivity contribution in [3.05, 3.63) is 107 Å². The summed E-state index contributed by atoms with van der Waals surface area (Å²) in [6, 6.07) is 23.1. The molecule has 0 spiro atoms. The second-order valence-corrected chi connectivity index (χ2v) is 15.1. The van der Waals surface area contributed by atoms with Crippen LogP contribution in [-0.2, 0) is 36.5 Å². The maximum Gasteiger partial charge on any atom is 0.416 e. The van der Waals surface area contributed by atoms with E-state index in [0.717, 1.165) is 69.4 Å². The molecule has 1 N–H and O–H groups in total. The van der Waals surface area contributed by atoms with Crippen molar-refractivity contribution in [2.75, 3.05) is 0 Å². The smallest absolute Gasteiger partial charge is 0.416 e. The number of rotatable bonds is 10. The van der Waals surface area contributed by atoms with Gasteiger partial charge in [0.2, 0.25) is 0 Å². The second-order valence-electron chi connectivity index (χ2n) is 13.8. The number of carbonyl (C=O) groups is 1. The van der Waals surface area contributed by atoms with Crippen molar-refractivity contribution in [3.63, 3.8) is 0 Å². The molecule has 0 aliphatic rings. The van der Waals surface area contributed by atoms with Gasteiger partial charge in [-0.3, -0.25) is 9.78 Å². The summed E-state index contributed by atoms with van der Waals surface area (Å²) in [5.74, 6) is 0.547. The number of aliphatic hydroxyl groups excluding tert-OH is 1. The molecule has 279 valence electrons. The first kappa shape index (κ1) is 42.8. The van der Waals surface area contributed by atoms with Crippen LogP contribution in [0.3, 0.4) is 0 Å². The first-order chi connectivity index (χ1) is 24.1. The van der Waals surface area contributed by atoms with Crippen LogP contribution in [0.25, 0.3) is 43.7 Å². The van der Waals surface area contributed by atoms with Crippen LogP contribution in [0.1, 0.15) is 90.2 Å². The molecule has 1 radical (unpaired) electrons. The fourth-order valence-electron chi connectivity index (χ4n) is 6.15. The van der Waals surface area contributed by atoms with E-state index in [-0.39, 0.29) is 48.9 Å². The van der Waals surface area contributed by atoms with Crippen molar-refractivity contribution < 1.29 is 43.2 Å². The van der Waals surface area contributed by atoms with Crippen molar-refractivity contribution in [2.24, 2.45) is 11.8 Å². The number of aromatic nitrogens is 2. The molecule has 0 atom stereocenters. The van der Waals surface area contributed by atoms with Crippen molar-refractivity contribution in [2.45, 2.75) is 92.7 Å². The van der Waals surface area contributed by atoms with Gasteiger partial charge < -0.3 is 5.11 Å². The minimum absolute atomic E-state index is 0. The van der Waals surface area contributed by atoms with E-state index in [0.29, 0.717) is 5.56 Å². The van der Waals surface area contributed by atoms with E-state index in [4.69, 9.17) is 0 Å². The van der Waals surface area contributed by atoms with Gasteiger partial charge in [-0.1, -0.05) is 89.7 Å². The Bertz CT molecular complexity index is 1990. The molecule has 5 aromatic rings. The Morgan fingerprint density at radius 2 is 1.50 bits per heavy atom. The monoisotopic (exact) mass is 906 g/mol. The number of ketones is 1. The molecule has 52 heavy (non-hydrogen) atoms. The first-order valence-corrected chi connectivity index (χ1v) is 18.4. The fraction of sp³-hybridized carbons (Fsp3) is 0.372. The summed E-state index contributed by atoms with van der Waals surface area (Å²) in [6.45, 7) is 16.6. The van der Waals surface area contributed by atoms with Gasteiger partial charge in [0.25, 0.3) is 0 Å². The Hall–Kier alpha value is -3.65. The third-order valence-corrected chi connectivity index (χ3v) is 10.4.